The van der Waals surface area contributed by atoms with Gasteiger partial charge >= 0.3 is 0 Å². The van der Waals surface area contributed by atoms with Crippen molar-refractivity contribution in [3.05, 3.63) is 87.9 Å². The first kappa shape index (κ1) is 39.3. The quantitative estimate of drug-likeness (QED) is 0.0836. The van der Waals surface area contributed by atoms with Gasteiger partial charge in [0.05, 0.1) is 27.8 Å². The minimum Gasteiger partial charge on any atom is -0.490 e. The normalized spacial score (nSPS) is 19.3. The fourth-order valence-corrected chi connectivity index (χ4v) is 7.58. The molecule has 4 N–H and O–H groups in total. The number of nitrogens with zero attached hydrogens (tertiary/aromatic N) is 2. The van der Waals surface area contributed by atoms with Gasteiger partial charge in [0.25, 0.3) is 17.7 Å². The molecule has 55 heavy (non-hydrogen) atoms. The van der Waals surface area contributed by atoms with E-state index in [1.54, 1.807) is 36.4 Å². The molecule has 1 saturated heterocycles. The van der Waals surface area contributed by atoms with Crippen molar-refractivity contribution in [2.45, 2.75) is 102 Å². The zero-order chi connectivity index (χ0) is 38.7. The van der Waals surface area contributed by atoms with Crippen LogP contribution in [-0.4, -0.2) is 65.7 Å². The maximum Gasteiger partial charge on any atom is 0.262 e. The van der Waals surface area contributed by atoms with E-state index in [-0.39, 0.29) is 42.0 Å². The summed E-state index contributed by atoms with van der Waals surface area (Å²) in [4.78, 5) is 63.6. The number of rotatable bonds is 17. The summed E-state index contributed by atoms with van der Waals surface area (Å²) >= 11 is 6.13. The Morgan fingerprint density at radius 1 is 0.782 bits per heavy atom. The lowest BCUT2D eigenvalue weighted by molar-refractivity contribution is -0.136. The number of carbonyl (C=O) groups excluding carboxylic acids is 5. The molecule has 0 aromatic heterocycles. The monoisotopic (exact) mass is 766 g/mol. The van der Waals surface area contributed by atoms with Crippen molar-refractivity contribution in [3.8, 4) is 11.8 Å². The summed E-state index contributed by atoms with van der Waals surface area (Å²) in [5.41, 5.74) is 3.37. The minimum atomic E-state index is -0.966. The molecular weight excluding hydrogens is 720 g/mol. The topological polar surface area (TPSA) is 170 Å². The van der Waals surface area contributed by atoms with Gasteiger partial charge in [-0.25, -0.2) is 0 Å². The average Bonchev–Trinajstić information content (AvgIpc) is 3.42. The first-order valence-electron chi connectivity index (χ1n) is 19.3. The van der Waals surface area contributed by atoms with Gasteiger partial charge in [-0.15, -0.1) is 0 Å². The lowest BCUT2D eigenvalue weighted by atomic mass is 9.92. The third kappa shape index (κ3) is 10.2. The van der Waals surface area contributed by atoms with Crippen molar-refractivity contribution in [2.24, 2.45) is 0 Å². The maximum absolute atomic E-state index is 13.0. The number of unbranched alkanes of at least 4 members (excludes halogenated alkanes) is 6. The van der Waals surface area contributed by atoms with Gasteiger partial charge in [0.15, 0.2) is 0 Å². The molecule has 2 fully saturated rings. The molecule has 0 bridgehead atoms. The fourth-order valence-electron chi connectivity index (χ4n) is 7.37. The highest BCUT2D eigenvalue weighted by atomic mass is 35.5. The summed E-state index contributed by atoms with van der Waals surface area (Å²) in [6, 6.07) is 19.0. The summed E-state index contributed by atoms with van der Waals surface area (Å²) in [6.45, 7) is 1.62. The Hall–Kier alpha value is -5.41. The van der Waals surface area contributed by atoms with Crippen LogP contribution in [0.2, 0.25) is 5.02 Å². The molecule has 288 valence electrons. The van der Waals surface area contributed by atoms with Crippen molar-refractivity contribution >= 4 is 52.5 Å². The van der Waals surface area contributed by atoms with Crippen LogP contribution < -0.4 is 26.0 Å². The van der Waals surface area contributed by atoms with Crippen molar-refractivity contribution in [2.75, 3.05) is 23.7 Å². The smallest absolute Gasteiger partial charge is 0.262 e. The molecule has 13 heteroatoms. The van der Waals surface area contributed by atoms with Crippen molar-refractivity contribution in [1.29, 1.82) is 5.26 Å². The molecule has 0 radical (unpaired) electrons. The van der Waals surface area contributed by atoms with Crippen LogP contribution in [0.25, 0.3) is 0 Å². The molecule has 1 aliphatic carbocycles. The van der Waals surface area contributed by atoms with Crippen LogP contribution in [0, 0.1) is 11.3 Å². The number of benzene rings is 3. The van der Waals surface area contributed by atoms with E-state index >= 15 is 0 Å². The first-order chi connectivity index (χ1) is 26.7. The molecule has 1 saturated carbocycles. The summed E-state index contributed by atoms with van der Waals surface area (Å²) in [5, 5.41) is 21.6. The van der Waals surface area contributed by atoms with E-state index in [2.05, 4.69) is 27.3 Å². The van der Waals surface area contributed by atoms with E-state index in [1.165, 1.54) is 0 Å². The van der Waals surface area contributed by atoms with E-state index in [4.69, 9.17) is 21.6 Å². The molecule has 1 atom stereocenters. The molecule has 12 nitrogen and oxygen atoms in total. The first-order valence-corrected chi connectivity index (χ1v) is 19.7. The number of imide groups is 2. The third-order valence-electron chi connectivity index (χ3n) is 10.5. The summed E-state index contributed by atoms with van der Waals surface area (Å²) in [6.07, 6.45) is 11.3. The summed E-state index contributed by atoms with van der Waals surface area (Å²) in [7, 11) is 0. The number of carbonyl (C=O) groups is 5. The second kappa shape index (κ2) is 18.8. The largest absolute Gasteiger partial charge is 0.490 e. The molecule has 0 spiro atoms. The molecular formula is C42H47ClN6O6. The number of anilines is 2. The number of nitrogens with one attached hydrogen (secondary N) is 4. The molecule has 5 amide bonds. The number of hydrogen-bond acceptors (Lipinski definition) is 9. The molecule has 6 rings (SSSR count). The van der Waals surface area contributed by atoms with Crippen molar-refractivity contribution < 1.29 is 28.7 Å². The maximum atomic E-state index is 13.0. The van der Waals surface area contributed by atoms with Crippen LogP contribution >= 0.6 is 11.6 Å². The molecule has 3 aliphatic rings. The average molecular weight is 767 g/mol. The van der Waals surface area contributed by atoms with Gasteiger partial charge in [0.1, 0.15) is 17.9 Å². The predicted octanol–water partition coefficient (Wildman–Crippen LogP) is 6.99. The van der Waals surface area contributed by atoms with Crippen molar-refractivity contribution in [3.63, 3.8) is 0 Å². The van der Waals surface area contributed by atoms with Crippen LogP contribution in [0.1, 0.15) is 120 Å². The fraction of sp³-hybridized carbons (Fsp3) is 0.429. The van der Waals surface area contributed by atoms with E-state index < -0.39 is 29.7 Å². The second-order valence-corrected chi connectivity index (χ2v) is 14.8. The van der Waals surface area contributed by atoms with Crippen LogP contribution in [-0.2, 0) is 9.59 Å². The van der Waals surface area contributed by atoms with Gasteiger partial charge in [0.2, 0.25) is 11.8 Å². The third-order valence-corrected chi connectivity index (χ3v) is 10.8. The Labute approximate surface area is 326 Å². The number of piperidine rings is 1. The van der Waals surface area contributed by atoms with E-state index in [0.29, 0.717) is 21.9 Å². The molecule has 2 heterocycles. The van der Waals surface area contributed by atoms with Crippen LogP contribution in [0.3, 0.4) is 0 Å². The highest BCUT2D eigenvalue weighted by Gasteiger charge is 2.44. The van der Waals surface area contributed by atoms with Gasteiger partial charge in [-0.3, -0.25) is 34.2 Å². The number of ether oxygens (including phenoxy) is 1. The van der Waals surface area contributed by atoms with Crippen LogP contribution in [0.15, 0.2) is 60.7 Å². The highest BCUT2D eigenvalue weighted by molar-refractivity contribution is 6.31. The zero-order valence-electron chi connectivity index (χ0n) is 30.8. The number of halogens is 1. The lowest BCUT2D eigenvalue weighted by Gasteiger charge is -2.29. The van der Waals surface area contributed by atoms with Crippen LogP contribution in [0.5, 0.6) is 5.75 Å². The summed E-state index contributed by atoms with van der Waals surface area (Å²) in [5.74, 6) is -1.42. The van der Waals surface area contributed by atoms with Crippen molar-refractivity contribution in [1.82, 2.24) is 15.5 Å². The predicted molar refractivity (Wildman–Crippen MR) is 209 cm³/mol. The lowest BCUT2D eigenvalue weighted by Crippen LogP contribution is -2.54. The second-order valence-electron chi connectivity index (χ2n) is 14.4. The Bertz CT molecular complexity index is 1940. The van der Waals surface area contributed by atoms with Gasteiger partial charge in [-0.2, -0.15) is 5.26 Å². The van der Waals surface area contributed by atoms with Gasteiger partial charge in [0, 0.05) is 48.6 Å². The molecule has 2 aliphatic heterocycles. The SMILES string of the molecule is N#Cc1ccc(O[C@H]2CC[C@H](NC(=O)c3ccc(NCCCCCCCCCNc4ccc5c(c4)C(=O)N(C4CCC(=O)NC4=O)C5=O)cc3)CC2)cc1Cl. The van der Waals surface area contributed by atoms with Gasteiger partial charge < -0.3 is 20.7 Å². The zero-order valence-corrected chi connectivity index (χ0v) is 31.6. The van der Waals surface area contributed by atoms with E-state index in [0.717, 1.165) is 100.0 Å². The minimum absolute atomic E-state index is 0.0513. The highest BCUT2D eigenvalue weighted by Crippen LogP contribution is 2.30. The number of hydrogen-bond donors (Lipinski definition) is 4. The Balaban J connectivity index is 0.789. The van der Waals surface area contributed by atoms with Gasteiger partial charge in [-0.05, 0) is 99.5 Å². The van der Waals surface area contributed by atoms with E-state index in [1.807, 2.05) is 24.3 Å². The Kier molecular flexibility index (Phi) is 13.4. The Morgan fingerprint density at radius 3 is 2.07 bits per heavy atom. The van der Waals surface area contributed by atoms with E-state index in [9.17, 15) is 24.0 Å². The number of nitriles is 1. The molecule has 1 unspecified atom stereocenters. The number of fused-ring (bicyclic) bond motifs is 1. The number of amides is 5. The van der Waals surface area contributed by atoms with Crippen LogP contribution in [0.4, 0.5) is 11.4 Å². The Morgan fingerprint density at radius 2 is 1.42 bits per heavy atom. The molecule has 3 aromatic rings. The standard InChI is InChI=1S/C42H47ClN6O6/c43-36-25-33(16-10-28(36)26-44)55-32-17-13-30(14-18-32)47-39(51)27-8-11-29(12-9-27)45-22-6-4-2-1-3-5-7-23-46-31-15-19-34-35(24-31)42(54)49(41(34)53)37-20-21-38(50)48-40(37)52/h8-12,15-16,19,24-25,30,32,37,45-46H,1-7,13-14,17-18,20-23H2,(H,47,51)(H,48,50,52)/t30-,32-,37?. The molecule has 3 aromatic carbocycles. The van der Waals surface area contributed by atoms with Gasteiger partial charge in [-0.1, -0.05) is 43.7 Å². The summed E-state index contributed by atoms with van der Waals surface area (Å²) < 4.78 is 6.07.